The molecule has 0 saturated heterocycles. The number of halogens is 2. The van der Waals surface area contributed by atoms with Crippen LogP contribution in [0.25, 0.3) is 0 Å². The minimum Gasteiger partial charge on any atom is -0.364 e. The van der Waals surface area contributed by atoms with Crippen LogP contribution in [0.3, 0.4) is 0 Å². The van der Waals surface area contributed by atoms with E-state index in [0.29, 0.717) is 33.7 Å². The van der Waals surface area contributed by atoms with E-state index in [-0.39, 0.29) is 5.91 Å². The molecule has 0 aliphatic rings. The summed E-state index contributed by atoms with van der Waals surface area (Å²) in [6, 6.07) is 14.1. The predicted molar refractivity (Wildman–Crippen MR) is 100 cm³/mol. The molecule has 0 spiro atoms. The Morgan fingerprint density at radius 2 is 1.76 bits per heavy atom. The molecule has 3 aromatic rings. The van der Waals surface area contributed by atoms with Crippen LogP contribution < -0.4 is 10.6 Å². The Morgan fingerprint density at radius 3 is 2.40 bits per heavy atom. The summed E-state index contributed by atoms with van der Waals surface area (Å²) < 4.78 is 0. The van der Waals surface area contributed by atoms with E-state index in [1.165, 1.54) is 6.20 Å². The molecular formula is C18H14Cl2N4O. The zero-order valence-electron chi connectivity index (χ0n) is 13.0. The van der Waals surface area contributed by atoms with Crippen LogP contribution in [0.4, 0.5) is 11.5 Å². The van der Waals surface area contributed by atoms with E-state index in [9.17, 15) is 4.79 Å². The Hall–Kier alpha value is -2.63. The standard InChI is InChI=1S/C18H14Cl2N4O/c19-14-5-3-6-15(20)17(14)24-18(25)12-7-8-16(22-10-12)23-11-13-4-1-2-9-21-13/h1-10H,11H2,(H,22,23)(H,24,25). The number of hydrogen-bond acceptors (Lipinski definition) is 4. The Kier molecular flexibility index (Phi) is 5.48. The molecule has 25 heavy (non-hydrogen) atoms. The quantitative estimate of drug-likeness (QED) is 0.683. The van der Waals surface area contributed by atoms with Gasteiger partial charge in [0.15, 0.2) is 0 Å². The summed E-state index contributed by atoms with van der Waals surface area (Å²) in [4.78, 5) is 20.8. The van der Waals surface area contributed by atoms with Crippen molar-refractivity contribution in [2.75, 3.05) is 10.6 Å². The molecule has 0 fully saturated rings. The second-order valence-corrected chi connectivity index (χ2v) is 5.97. The Labute approximate surface area is 155 Å². The molecule has 5 nitrogen and oxygen atoms in total. The van der Waals surface area contributed by atoms with Crippen molar-refractivity contribution >= 4 is 40.6 Å². The second-order valence-electron chi connectivity index (χ2n) is 5.16. The number of benzene rings is 1. The summed E-state index contributed by atoms with van der Waals surface area (Å²) in [5, 5.41) is 6.60. The third kappa shape index (κ3) is 4.47. The number of aromatic nitrogens is 2. The van der Waals surface area contributed by atoms with Gasteiger partial charge in [-0.2, -0.15) is 0 Å². The highest BCUT2D eigenvalue weighted by Crippen LogP contribution is 2.30. The molecule has 2 aromatic heterocycles. The maximum absolute atomic E-state index is 12.3. The van der Waals surface area contributed by atoms with Gasteiger partial charge in [-0.1, -0.05) is 35.3 Å². The van der Waals surface area contributed by atoms with Crippen LogP contribution in [0, 0.1) is 0 Å². The lowest BCUT2D eigenvalue weighted by Gasteiger charge is -2.09. The molecule has 0 aliphatic carbocycles. The molecule has 0 saturated carbocycles. The molecule has 0 aliphatic heterocycles. The first-order valence-electron chi connectivity index (χ1n) is 7.48. The van der Waals surface area contributed by atoms with Crippen LogP contribution in [0.2, 0.25) is 10.0 Å². The van der Waals surface area contributed by atoms with Gasteiger partial charge in [-0.25, -0.2) is 4.98 Å². The number of hydrogen-bond donors (Lipinski definition) is 2. The van der Waals surface area contributed by atoms with Gasteiger partial charge >= 0.3 is 0 Å². The van der Waals surface area contributed by atoms with Crippen molar-refractivity contribution in [3.05, 3.63) is 82.2 Å². The van der Waals surface area contributed by atoms with E-state index in [1.54, 1.807) is 36.5 Å². The molecule has 7 heteroatoms. The van der Waals surface area contributed by atoms with E-state index in [2.05, 4.69) is 20.6 Å². The van der Waals surface area contributed by atoms with Crippen molar-refractivity contribution in [2.24, 2.45) is 0 Å². The number of carbonyl (C=O) groups is 1. The van der Waals surface area contributed by atoms with Gasteiger partial charge in [0, 0.05) is 12.4 Å². The van der Waals surface area contributed by atoms with Crippen LogP contribution >= 0.6 is 23.2 Å². The fourth-order valence-electron chi connectivity index (χ4n) is 2.12. The third-order valence-electron chi connectivity index (χ3n) is 3.40. The number of anilines is 2. The topological polar surface area (TPSA) is 66.9 Å². The maximum Gasteiger partial charge on any atom is 0.257 e. The Bertz CT molecular complexity index is 850. The largest absolute Gasteiger partial charge is 0.364 e. The highest BCUT2D eigenvalue weighted by atomic mass is 35.5. The molecule has 0 radical (unpaired) electrons. The van der Waals surface area contributed by atoms with Crippen molar-refractivity contribution in [2.45, 2.75) is 6.54 Å². The number of nitrogens with one attached hydrogen (secondary N) is 2. The van der Waals surface area contributed by atoms with Gasteiger partial charge in [-0.3, -0.25) is 9.78 Å². The van der Waals surface area contributed by atoms with E-state index in [4.69, 9.17) is 23.2 Å². The first kappa shape index (κ1) is 17.2. The van der Waals surface area contributed by atoms with Crippen LogP contribution in [0.1, 0.15) is 16.1 Å². The second kappa shape index (κ2) is 7.96. The zero-order chi connectivity index (χ0) is 17.6. The van der Waals surface area contributed by atoms with Gasteiger partial charge in [0.1, 0.15) is 5.82 Å². The molecule has 2 heterocycles. The van der Waals surface area contributed by atoms with E-state index >= 15 is 0 Å². The van der Waals surface area contributed by atoms with E-state index in [1.807, 2.05) is 18.2 Å². The molecular weight excluding hydrogens is 359 g/mol. The van der Waals surface area contributed by atoms with Gasteiger partial charge < -0.3 is 10.6 Å². The minimum atomic E-state index is -0.334. The molecule has 0 atom stereocenters. The molecule has 0 unspecified atom stereocenters. The highest BCUT2D eigenvalue weighted by Gasteiger charge is 2.11. The zero-order valence-corrected chi connectivity index (χ0v) is 14.6. The lowest BCUT2D eigenvalue weighted by Crippen LogP contribution is -2.13. The number of pyridine rings is 2. The average molecular weight is 373 g/mol. The third-order valence-corrected chi connectivity index (χ3v) is 4.03. The van der Waals surface area contributed by atoms with Gasteiger partial charge in [0.05, 0.1) is 33.5 Å². The fourth-order valence-corrected chi connectivity index (χ4v) is 2.61. The molecule has 0 bridgehead atoms. The summed E-state index contributed by atoms with van der Waals surface area (Å²) in [5.74, 6) is 0.316. The summed E-state index contributed by atoms with van der Waals surface area (Å²) in [7, 11) is 0. The summed E-state index contributed by atoms with van der Waals surface area (Å²) in [5.41, 5.74) is 1.69. The molecule has 2 N–H and O–H groups in total. The Morgan fingerprint density at radius 1 is 0.960 bits per heavy atom. The van der Waals surface area contributed by atoms with Crippen LogP contribution in [0.5, 0.6) is 0 Å². The van der Waals surface area contributed by atoms with Crippen LogP contribution in [-0.2, 0) is 6.54 Å². The number of nitrogens with zero attached hydrogens (tertiary/aromatic N) is 2. The lowest BCUT2D eigenvalue weighted by atomic mass is 10.2. The van der Waals surface area contributed by atoms with Gasteiger partial charge in [0.25, 0.3) is 5.91 Å². The van der Waals surface area contributed by atoms with Gasteiger partial charge in [-0.15, -0.1) is 0 Å². The van der Waals surface area contributed by atoms with E-state index < -0.39 is 0 Å². The first-order chi connectivity index (χ1) is 12.1. The molecule has 3 rings (SSSR count). The molecule has 126 valence electrons. The SMILES string of the molecule is O=C(Nc1c(Cl)cccc1Cl)c1ccc(NCc2ccccn2)nc1. The summed E-state index contributed by atoms with van der Waals surface area (Å²) >= 11 is 12.1. The van der Waals surface area contributed by atoms with Crippen molar-refractivity contribution in [3.63, 3.8) is 0 Å². The Balaban J connectivity index is 1.64. The normalized spacial score (nSPS) is 10.3. The first-order valence-corrected chi connectivity index (χ1v) is 8.24. The highest BCUT2D eigenvalue weighted by molar-refractivity contribution is 6.40. The predicted octanol–water partition coefficient (Wildman–Crippen LogP) is 4.65. The monoisotopic (exact) mass is 372 g/mol. The van der Waals surface area contributed by atoms with Crippen molar-refractivity contribution in [3.8, 4) is 0 Å². The summed E-state index contributed by atoms with van der Waals surface area (Å²) in [6.07, 6.45) is 3.22. The van der Waals surface area contributed by atoms with E-state index in [0.717, 1.165) is 5.69 Å². The van der Waals surface area contributed by atoms with Crippen LogP contribution in [0.15, 0.2) is 60.9 Å². The molecule has 1 amide bonds. The van der Waals surface area contributed by atoms with Crippen molar-refractivity contribution < 1.29 is 4.79 Å². The smallest absolute Gasteiger partial charge is 0.257 e. The number of amides is 1. The number of para-hydroxylation sites is 1. The number of rotatable bonds is 5. The average Bonchev–Trinajstić information content (AvgIpc) is 2.64. The summed E-state index contributed by atoms with van der Waals surface area (Å²) in [6.45, 7) is 0.550. The fraction of sp³-hybridized carbons (Fsp3) is 0.0556. The van der Waals surface area contributed by atoms with Crippen molar-refractivity contribution in [1.29, 1.82) is 0 Å². The van der Waals surface area contributed by atoms with Gasteiger partial charge in [-0.05, 0) is 36.4 Å². The van der Waals surface area contributed by atoms with Crippen molar-refractivity contribution in [1.82, 2.24) is 9.97 Å². The number of carbonyl (C=O) groups excluding carboxylic acids is 1. The molecule has 1 aromatic carbocycles. The maximum atomic E-state index is 12.3. The van der Waals surface area contributed by atoms with Gasteiger partial charge in [0.2, 0.25) is 0 Å². The lowest BCUT2D eigenvalue weighted by molar-refractivity contribution is 0.102. The van der Waals surface area contributed by atoms with Crippen LogP contribution in [-0.4, -0.2) is 15.9 Å². The minimum absolute atomic E-state index is 0.334.